The molecule has 0 aliphatic carbocycles. The van der Waals surface area contributed by atoms with Crippen molar-refractivity contribution >= 4 is 43.0 Å². The molecule has 0 bridgehead atoms. The maximum absolute atomic E-state index is 12.0. The predicted molar refractivity (Wildman–Crippen MR) is 87.4 cm³/mol. The summed E-state index contributed by atoms with van der Waals surface area (Å²) in [5, 5.41) is 0. The zero-order chi connectivity index (χ0) is 16.4. The molecule has 0 saturated carbocycles. The second-order valence-corrected chi connectivity index (χ2v) is 10.7. The molecule has 0 aromatic carbocycles. The maximum atomic E-state index is 12.0. The van der Waals surface area contributed by atoms with Gasteiger partial charge in [0.15, 0.2) is 0 Å². The van der Waals surface area contributed by atoms with Crippen LogP contribution < -0.4 is 4.72 Å². The molecule has 1 fully saturated rings. The Morgan fingerprint density at radius 2 is 1.82 bits per heavy atom. The molecule has 11 heteroatoms. The third-order valence-corrected chi connectivity index (χ3v) is 7.82. The van der Waals surface area contributed by atoms with E-state index in [0.29, 0.717) is 37.1 Å². The lowest BCUT2D eigenvalue weighted by Crippen LogP contribution is -2.49. The Morgan fingerprint density at radius 3 is 2.32 bits per heavy atom. The van der Waals surface area contributed by atoms with Gasteiger partial charge in [-0.25, -0.2) is 21.6 Å². The van der Waals surface area contributed by atoms with Crippen LogP contribution >= 0.6 is 22.9 Å². The van der Waals surface area contributed by atoms with Crippen molar-refractivity contribution in [2.24, 2.45) is 0 Å². The van der Waals surface area contributed by atoms with Crippen molar-refractivity contribution in [3.8, 4) is 0 Å². The zero-order valence-corrected chi connectivity index (χ0v) is 15.2. The summed E-state index contributed by atoms with van der Waals surface area (Å²) in [7, 11) is -6.67. The van der Waals surface area contributed by atoms with Gasteiger partial charge in [0.1, 0.15) is 4.21 Å². The molecule has 1 N–H and O–H groups in total. The van der Waals surface area contributed by atoms with Crippen molar-refractivity contribution in [1.29, 1.82) is 0 Å². The lowest BCUT2D eigenvalue weighted by Gasteiger charge is -2.33. The second kappa shape index (κ2) is 7.12. The monoisotopic (exact) mass is 387 g/mol. The summed E-state index contributed by atoms with van der Waals surface area (Å²) in [5.74, 6) is 0. The fourth-order valence-corrected chi connectivity index (χ4v) is 5.51. The molecule has 1 aliphatic rings. The first-order valence-electron chi connectivity index (χ1n) is 6.61. The van der Waals surface area contributed by atoms with E-state index < -0.39 is 20.0 Å². The molecule has 1 saturated heterocycles. The number of hydrogen-bond donors (Lipinski definition) is 1. The average molecular weight is 388 g/mol. The van der Waals surface area contributed by atoms with Gasteiger partial charge in [0.05, 0.1) is 10.6 Å². The van der Waals surface area contributed by atoms with Crippen LogP contribution in [0.15, 0.2) is 16.3 Å². The fourth-order valence-electron chi connectivity index (χ4n) is 2.14. The van der Waals surface area contributed by atoms with Gasteiger partial charge in [-0.15, -0.1) is 11.3 Å². The van der Waals surface area contributed by atoms with Crippen LogP contribution in [-0.4, -0.2) is 71.6 Å². The molecule has 0 amide bonds. The van der Waals surface area contributed by atoms with Crippen molar-refractivity contribution in [2.45, 2.75) is 4.21 Å². The van der Waals surface area contributed by atoms with Crippen LogP contribution in [0.25, 0.3) is 0 Å². The number of hydrogen-bond acceptors (Lipinski definition) is 6. The van der Waals surface area contributed by atoms with Gasteiger partial charge in [-0.1, -0.05) is 11.6 Å². The van der Waals surface area contributed by atoms with Crippen LogP contribution in [0.4, 0.5) is 0 Å². The van der Waals surface area contributed by atoms with Crippen LogP contribution in [0.5, 0.6) is 0 Å². The van der Waals surface area contributed by atoms with E-state index >= 15 is 0 Å². The minimum Gasteiger partial charge on any atom is -0.299 e. The molecular weight excluding hydrogens is 370 g/mol. The van der Waals surface area contributed by atoms with E-state index in [1.165, 1.54) is 16.6 Å². The molecule has 126 valence electrons. The minimum atomic E-state index is -3.52. The van der Waals surface area contributed by atoms with E-state index in [9.17, 15) is 16.8 Å². The topological polar surface area (TPSA) is 86.8 Å². The van der Waals surface area contributed by atoms with Crippen LogP contribution in [0, 0.1) is 0 Å². The van der Waals surface area contributed by atoms with Crippen molar-refractivity contribution in [2.75, 3.05) is 45.5 Å². The first-order chi connectivity index (χ1) is 10.2. The molecule has 1 aromatic heterocycles. The van der Waals surface area contributed by atoms with Crippen molar-refractivity contribution in [1.82, 2.24) is 13.9 Å². The predicted octanol–water partition coefficient (Wildman–Crippen LogP) is 0.257. The average Bonchev–Trinajstić information content (AvgIpc) is 2.86. The summed E-state index contributed by atoms with van der Waals surface area (Å²) in [4.78, 5) is 2.03. The number of halogens is 1. The van der Waals surface area contributed by atoms with Crippen LogP contribution in [0.1, 0.15) is 0 Å². The smallest absolute Gasteiger partial charge is 0.250 e. The van der Waals surface area contributed by atoms with Gasteiger partial charge in [-0.2, -0.15) is 4.31 Å². The third kappa shape index (κ3) is 4.88. The molecule has 0 radical (unpaired) electrons. The van der Waals surface area contributed by atoms with Crippen molar-refractivity contribution in [3.63, 3.8) is 0 Å². The minimum absolute atomic E-state index is 0.194. The first-order valence-corrected chi connectivity index (χ1v) is 11.1. The largest absolute Gasteiger partial charge is 0.299 e. The third-order valence-electron chi connectivity index (χ3n) is 3.33. The quantitative estimate of drug-likeness (QED) is 0.756. The van der Waals surface area contributed by atoms with Crippen molar-refractivity contribution < 1.29 is 16.8 Å². The summed E-state index contributed by atoms with van der Waals surface area (Å²) >= 11 is 6.75. The lowest BCUT2D eigenvalue weighted by atomic mass is 10.3. The number of sulfonamides is 2. The van der Waals surface area contributed by atoms with Crippen LogP contribution in [-0.2, 0) is 20.0 Å². The Labute approximate surface area is 140 Å². The summed E-state index contributed by atoms with van der Waals surface area (Å²) in [6, 6.07) is 3.02. The van der Waals surface area contributed by atoms with Gasteiger partial charge < -0.3 is 0 Å². The van der Waals surface area contributed by atoms with Gasteiger partial charge in [0, 0.05) is 39.3 Å². The Balaban J connectivity index is 1.78. The second-order valence-electron chi connectivity index (χ2n) is 4.96. The maximum Gasteiger partial charge on any atom is 0.250 e. The lowest BCUT2D eigenvalue weighted by molar-refractivity contribution is 0.192. The Bertz CT molecular complexity index is 709. The number of thiophene rings is 1. The van der Waals surface area contributed by atoms with E-state index in [0.717, 1.165) is 11.3 Å². The number of nitrogens with zero attached hydrogens (tertiary/aromatic N) is 2. The SMILES string of the molecule is CS(=O)(=O)N1CCN(CCNS(=O)(=O)c2ccc(Cl)s2)CC1. The van der Waals surface area contributed by atoms with Gasteiger partial charge in [-0.3, -0.25) is 4.90 Å². The number of piperazine rings is 1. The number of rotatable bonds is 6. The van der Waals surface area contributed by atoms with Gasteiger partial charge in [0.2, 0.25) is 20.0 Å². The molecular formula is C11H18ClN3O4S3. The fraction of sp³-hybridized carbons (Fsp3) is 0.636. The molecule has 0 atom stereocenters. The van der Waals surface area contributed by atoms with E-state index in [4.69, 9.17) is 11.6 Å². The summed E-state index contributed by atoms with van der Waals surface area (Å²) in [5.41, 5.74) is 0. The summed E-state index contributed by atoms with van der Waals surface area (Å²) < 4.78 is 51.4. The Kier molecular flexibility index (Phi) is 5.86. The highest BCUT2D eigenvalue weighted by Gasteiger charge is 2.23. The molecule has 22 heavy (non-hydrogen) atoms. The highest BCUT2D eigenvalue weighted by molar-refractivity contribution is 7.91. The normalized spacial score (nSPS) is 18.6. The summed E-state index contributed by atoms with van der Waals surface area (Å²) in [6.07, 6.45) is 1.20. The molecule has 7 nitrogen and oxygen atoms in total. The molecule has 1 aliphatic heterocycles. The van der Waals surface area contributed by atoms with Crippen LogP contribution in [0.2, 0.25) is 4.34 Å². The molecule has 2 heterocycles. The van der Waals surface area contributed by atoms with E-state index in [-0.39, 0.29) is 10.8 Å². The summed E-state index contributed by atoms with van der Waals surface area (Å²) in [6.45, 7) is 2.88. The zero-order valence-electron chi connectivity index (χ0n) is 12.0. The molecule has 2 rings (SSSR count). The van der Waals surface area contributed by atoms with Gasteiger partial charge >= 0.3 is 0 Å². The Hall–Kier alpha value is -0.230. The van der Waals surface area contributed by atoms with E-state index in [1.807, 2.05) is 4.90 Å². The molecule has 1 aromatic rings. The van der Waals surface area contributed by atoms with Gasteiger partial charge in [-0.05, 0) is 12.1 Å². The molecule has 0 spiro atoms. The van der Waals surface area contributed by atoms with E-state index in [2.05, 4.69) is 4.72 Å². The number of nitrogens with one attached hydrogen (secondary N) is 1. The standard InChI is InChI=1S/C11H18ClN3O4S3/c1-21(16,17)15-8-6-14(7-9-15)5-4-13-22(18,19)11-3-2-10(12)20-11/h2-3,13H,4-9H2,1H3. The highest BCUT2D eigenvalue weighted by atomic mass is 35.5. The molecule has 0 unspecified atom stereocenters. The first kappa shape index (κ1) is 18.1. The highest BCUT2D eigenvalue weighted by Crippen LogP contribution is 2.25. The van der Waals surface area contributed by atoms with Crippen LogP contribution in [0.3, 0.4) is 0 Å². The Morgan fingerprint density at radius 1 is 1.18 bits per heavy atom. The van der Waals surface area contributed by atoms with Crippen molar-refractivity contribution in [3.05, 3.63) is 16.5 Å². The van der Waals surface area contributed by atoms with Gasteiger partial charge in [0.25, 0.3) is 0 Å². The van der Waals surface area contributed by atoms with E-state index in [1.54, 1.807) is 6.07 Å².